The summed E-state index contributed by atoms with van der Waals surface area (Å²) in [7, 11) is 1.58. The summed E-state index contributed by atoms with van der Waals surface area (Å²) in [6, 6.07) is 6.13. The first-order valence-corrected chi connectivity index (χ1v) is 4.45. The van der Waals surface area contributed by atoms with Crippen molar-refractivity contribution >= 4 is 0 Å². The van der Waals surface area contributed by atoms with E-state index in [2.05, 4.69) is 17.6 Å². The molecule has 74 valence electrons. The van der Waals surface area contributed by atoms with E-state index in [0.717, 1.165) is 22.3 Å². The fourth-order valence-electron chi connectivity index (χ4n) is 1.31. The molecule has 0 saturated carbocycles. The molecule has 0 aliphatic rings. The Morgan fingerprint density at radius 2 is 2.14 bits per heavy atom. The Morgan fingerprint density at radius 3 is 2.71 bits per heavy atom. The summed E-state index contributed by atoms with van der Waals surface area (Å²) in [5.74, 6) is 0. The van der Waals surface area contributed by atoms with Gasteiger partial charge in [-0.05, 0) is 36.6 Å². The van der Waals surface area contributed by atoms with Gasteiger partial charge < -0.3 is 4.84 Å². The van der Waals surface area contributed by atoms with Crippen molar-refractivity contribution < 1.29 is 4.84 Å². The highest BCUT2D eigenvalue weighted by molar-refractivity contribution is 5.44. The van der Waals surface area contributed by atoms with Crippen LogP contribution in [0.5, 0.6) is 0 Å². The van der Waals surface area contributed by atoms with Gasteiger partial charge in [0.15, 0.2) is 0 Å². The van der Waals surface area contributed by atoms with Crippen LogP contribution in [0.1, 0.15) is 22.3 Å². The predicted octanol–water partition coefficient (Wildman–Crippen LogP) is 1.83. The van der Waals surface area contributed by atoms with E-state index in [1.807, 2.05) is 19.9 Å². The first kappa shape index (κ1) is 10.7. The molecule has 1 aromatic carbocycles. The fourth-order valence-corrected chi connectivity index (χ4v) is 1.31. The molecule has 14 heavy (non-hydrogen) atoms. The second kappa shape index (κ2) is 4.75. The third-order valence-electron chi connectivity index (χ3n) is 2.27. The van der Waals surface area contributed by atoms with Gasteiger partial charge in [-0.15, -0.1) is 0 Å². The van der Waals surface area contributed by atoms with Gasteiger partial charge in [0.2, 0.25) is 0 Å². The lowest BCUT2D eigenvalue weighted by Gasteiger charge is -2.07. The van der Waals surface area contributed by atoms with Crippen LogP contribution in [0.15, 0.2) is 12.1 Å². The smallest absolute Gasteiger partial charge is 0.0994 e. The minimum Gasteiger partial charge on any atom is -0.305 e. The molecule has 0 spiro atoms. The SMILES string of the molecule is CONCc1cc(C)c(C)c(C#N)c1. The van der Waals surface area contributed by atoms with Crippen LogP contribution in [-0.4, -0.2) is 7.11 Å². The Bertz CT molecular complexity index is 366. The zero-order valence-corrected chi connectivity index (χ0v) is 8.72. The quantitative estimate of drug-likeness (QED) is 0.739. The lowest BCUT2D eigenvalue weighted by Crippen LogP contribution is -2.11. The molecule has 0 unspecified atom stereocenters. The van der Waals surface area contributed by atoms with Gasteiger partial charge in [0.1, 0.15) is 0 Å². The van der Waals surface area contributed by atoms with Crippen LogP contribution >= 0.6 is 0 Å². The Labute approximate surface area is 84.3 Å². The van der Waals surface area contributed by atoms with E-state index in [1.165, 1.54) is 0 Å². The molecule has 0 fully saturated rings. The minimum atomic E-state index is 0.617. The van der Waals surface area contributed by atoms with Crippen molar-refractivity contribution in [2.45, 2.75) is 20.4 Å². The van der Waals surface area contributed by atoms with Gasteiger partial charge in [0.25, 0.3) is 0 Å². The lowest BCUT2D eigenvalue weighted by molar-refractivity contribution is 0.0867. The Morgan fingerprint density at radius 1 is 1.43 bits per heavy atom. The van der Waals surface area contributed by atoms with E-state index in [-0.39, 0.29) is 0 Å². The summed E-state index contributed by atoms with van der Waals surface area (Å²) in [5.41, 5.74) is 6.73. The number of benzene rings is 1. The molecule has 0 atom stereocenters. The van der Waals surface area contributed by atoms with E-state index in [1.54, 1.807) is 7.11 Å². The first-order valence-electron chi connectivity index (χ1n) is 4.45. The normalized spacial score (nSPS) is 9.86. The van der Waals surface area contributed by atoms with Crippen molar-refractivity contribution in [3.8, 4) is 6.07 Å². The maximum Gasteiger partial charge on any atom is 0.0994 e. The number of aryl methyl sites for hydroxylation is 1. The minimum absolute atomic E-state index is 0.617. The third kappa shape index (κ3) is 2.32. The maximum atomic E-state index is 8.89. The van der Waals surface area contributed by atoms with Crippen LogP contribution < -0.4 is 5.48 Å². The summed E-state index contributed by atoms with van der Waals surface area (Å²) in [6.45, 7) is 4.58. The molecule has 1 rings (SSSR count). The highest BCUT2D eigenvalue weighted by atomic mass is 16.6. The van der Waals surface area contributed by atoms with Gasteiger partial charge in [-0.1, -0.05) is 6.07 Å². The molecule has 0 aliphatic carbocycles. The van der Waals surface area contributed by atoms with Crippen LogP contribution in [0.3, 0.4) is 0 Å². The largest absolute Gasteiger partial charge is 0.305 e. The summed E-state index contributed by atoms with van der Waals surface area (Å²) in [4.78, 5) is 4.76. The van der Waals surface area contributed by atoms with E-state index >= 15 is 0 Å². The summed E-state index contributed by atoms with van der Waals surface area (Å²) < 4.78 is 0. The molecular formula is C11H14N2O. The summed E-state index contributed by atoms with van der Waals surface area (Å²) in [6.07, 6.45) is 0. The molecule has 0 heterocycles. The van der Waals surface area contributed by atoms with Gasteiger partial charge in [0.05, 0.1) is 18.7 Å². The second-order valence-corrected chi connectivity index (χ2v) is 3.22. The highest BCUT2D eigenvalue weighted by Gasteiger charge is 2.03. The van der Waals surface area contributed by atoms with E-state index in [0.29, 0.717) is 6.54 Å². The predicted molar refractivity (Wildman–Crippen MR) is 54.5 cm³/mol. The van der Waals surface area contributed by atoms with Crippen molar-refractivity contribution in [1.82, 2.24) is 5.48 Å². The Balaban J connectivity index is 2.99. The Hall–Kier alpha value is -1.37. The highest BCUT2D eigenvalue weighted by Crippen LogP contribution is 2.15. The zero-order valence-electron chi connectivity index (χ0n) is 8.72. The van der Waals surface area contributed by atoms with Crippen molar-refractivity contribution in [2.24, 2.45) is 0 Å². The molecule has 1 N–H and O–H groups in total. The molecule has 1 aromatic rings. The van der Waals surface area contributed by atoms with Gasteiger partial charge in [-0.2, -0.15) is 10.7 Å². The molecule has 0 bridgehead atoms. The standard InChI is InChI=1S/C11H14N2O/c1-8-4-10(7-13-14-3)5-11(6-12)9(8)2/h4-5,13H,7H2,1-3H3. The van der Waals surface area contributed by atoms with Gasteiger partial charge in [0, 0.05) is 6.54 Å². The molecule has 3 nitrogen and oxygen atoms in total. The molecule has 0 aliphatic heterocycles. The number of nitrogens with zero attached hydrogens (tertiary/aromatic N) is 1. The van der Waals surface area contributed by atoms with E-state index in [9.17, 15) is 0 Å². The van der Waals surface area contributed by atoms with Crippen molar-refractivity contribution in [3.05, 3.63) is 34.4 Å². The number of hydroxylamine groups is 1. The number of nitriles is 1. The third-order valence-corrected chi connectivity index (χ3v) is 2.27. The van der Waals surface area contributed by atoms with E-state index < -0.39 is 0 Å². The number of rotatable bonds is 3. The monoisotopic (exact) mass is 190 g/mol. The maximum absolute atomic E-state index is 8.89. The van der Waals surface area contributed by atoms with Crippen molar-refractivity contribution in [3.63, 3.8) is 0 Å². The average molecular weight is 190 g/mol. The van der Waals surface area contributed by atoms with Crippen LogP contribution in [0, 0.1) is 25.2 Å². The molecular weight excluding hydrogens is 176 g/mol. The van der Waals surface area contributed by atoms with Crippen LogP contribution in [0.25, 0.3) is 0 Å². The molecule has 0 aromatic heterocycles. The van der Waals surface area contributed by atoms with Crippen molar-refractivity contribution in [2.75, 3.05) is 7.11 Å². The molecule has 3 heteroatoms. The van der Waals surface area contributed by atoms with Crippen LogP contribution in [0.2, 0.25) is 0 Å². The number of nitrogens with one attached hydrogen (secondary N) is 1. The zero-order chi connectivity index (χ0) is 10.6. The van der Waals surface area contributed by atoms with Gasteiger partial charge >= 0.3 is 0 Å². The van der Waals surface area contributed by atoms with Crippen LogP contribution in [-0.2, 0) is 11.4 Å². The second-order valence-electron chi connectivity index (χ2n) is 3.22. The first-order chi connectivity index (χ1) is 6.69. The number of hydrogen-bond donors (Lipinski definition) is 1. The molecule has 0 saturated heterocycles. The summed E-state index contributed by atoms with van der Waals surface area (Å²) >= 11 is 0. The Kier molecular flexibility index (Phi) is 3.63. The molecule has 0 radical (unpaired) electrons. The molecule has 0 amide bonds. The lowest BCUT2D eigenvalue weighted by atomic mass is 10.0. The van der Waals surface area contributed by atoms with Gasteiger partial charge in [-0.3, -0.25) is 0 Å². The fraction of sp³-hybridized carbons (Fsp3) is 0.364. The number of hydrogen-bond acceptors (Lipinski definition) is 3. The average Bonchev–Trinajstić information content (AvgIpc) is 2.19. The van der Waals surface area contributed by atoms with Crippen LogP contribution in [0.4, 0.5) is 0 Å². The summed E-state index contributed by atoms with van der Waals surface area (Å²) in [5, 5.41) is 8.89. The topological polar surface area (TPSA) is 45.0 Å². The van der Waals surface area contributed by atoms with Crippen molar-refractivity contribution in [1.29, 1.82) is 5.26 Å². The van der Waals surface area contributed by atoms with E-state index in [4.69, 9.17) is 10.1 Å². The van der Waals surface area contributed by atoms with Gasteiger partial charge in [-0.25, -0.2) is 0 Å².